The molecule has 2 aromatic carbocycles. The van der Waals surface area contributed by atoms with E-state index in [-0.39, 0.29) is 0 Å². The summed E-state index contributed by atoms with van der Waals surface area (Å²) in [7, 11) is -3.65. The number of hydrogen-bond donors (Lipinski definition) is 0. The van der Waals surface area contributed by atoms with E-state index < -0.39 is 9.84 Å². The first-order chi connectivity index (χ1) is 11.8. The standard InChI is InChI=1S/C20H24BrClO2S/c1-4-5-8-15-9-6-12-19(20(15)21)25(23,24)18-11-7-10-17(22)16(18)13-14(2)3/h6-7,9-12,14H,4-5,8,13H2,1-3H3. The van der Waals surface area contributed by atoms with E-state index in [1.807, 2.05) is 12.1 Å². The fraction of sp³-hybridized carbons (Fsp3) is 0.400. The van der Waals surface area contributed by atoms with Crippen LogP contribution in [0.1, 0.15) is 44.7 Å². The highest BCUT2D eigenvalue weighted by Crippen LogP contribution is 2.35. The maximum Gasteiger partial charge on any atom is 0.208 e. The minimum atomic E-state index is -3.65. The first-order valence-corrected chi connectivity index (χ1v) is 11.2. The maximum atomic E-state index is 13.3. The summed E-state index contributed by atoms with van der Waals surface area (Å²) in [5.74, 6) is 0.313. The van der Waals surface area contributed by atoms with Crippen LogP contribution in [-0.2, 0) is 22.7 Å². The Hall–Kier alpha value is -0.840. The Morgan fingerprint density at radius 1 is 1.08 bits per heavy atom. The minimum absolute atomic E-state index is 0.307. The number of hydrogen-bond acceptors (Lipinski definition) is 2. The molecule has 0 spiro atoms. The number of unbranched alkanes of at least 4 members (excludes halogenated alkanes) is 1. The molecule has 136 valence electrons. The van der Waals surface area contributed by atoms with Gasteiger partial charge in [-0.1, -0.05) is 57.0 Å². The number of sulfone groups is 1. The van der Waals surface area contributed by atoms with E-state index in [4.69, 9.17) is 11.6 Å². The van der Waals surface area contributed by atoms with Crippen molar-refractivity contribution in [1.82, 2.24) is 0 Å². The van der Waals surface area contributed by atoms with Crippen molar-refractivity contribution in [3.05, 3.63) is 57.0 Å². The Labute approximate surface area is 164 Å². The quantitative estimate of drug-likeness (QED) is 0.491. The zero-order valence-electron chi connectivity index (χ0n) is 14.9. The molecule has 2 nitrogen and oxygen atoms in total. The Morgan fingerprint density at radius 2 is 1.72 bits per heavy atom. The van der Waals surface area contributed by atoms with Gasteiger partial charge in [0.25, 0.3) is 0 Å². The van der Waals surface area contributed by atoms with Crippen molar-refractivity contribution in [1.29, 1.82) is 0 Å². The topological polar surface area (TPSA) is 34.1 Å². The van der Waals surface area contributed by atoms with E-state index in [1.54, 1.807) is 24.3 Å². The van der Waals surface area contributed by atoms with E-state index in [0.29, 0.717) is 37.2 Å². The third-order valence-corrected chi connectivity index (χ3v) is 7.54. The van der Waals surface area contributed by atoms with E-state index in [2.05, 4.69) is 36.7 Å². The molecule has 5 heteroatoms. The molecule has 2 rings (SSSR count). The molecule has 0 fully saturated rings. The van der Waals surface area contributed by atoms with Crippen molar-refractivity contribution in [3.8, 4) is 0 Å². The molecule has 0 aliphatic rings. The predicted molar refractivity (Wildman–Crippen MR) is 108 cm³/mol. The fourth-order valence-electron chi connectivity index (χ4n) is 2.84. The lowest BCUT2D eigenvalue weighted by molar-refractivity contribution is 0.590. The molecule has 0 amide bonds. The largest absolute Gasteiger partial charge is 0.218 e. The molecule has 0 atom stereocenters. The van der Waals surface area contributed by atoms with Crippen molar-refractivity contribution in [2.24, 2.45) is 5.92 Å². The van der Waals surface area contributed by atoms with E-state index >= 15 is 0 Å². The number of benzene rings is 2. The smallest absolute Gasteiger partial charge is 0.208 e. The summed E-state index contributed by atoms with van der Waals surface area (Å²) in [4.78, 5) is 0.621. The summed E-state index contributed by atoms with van der Waals surface area (Å²) in [5.41, 5.74) is 1.72. The van der Waals surface area contributed by atoms with Gasteiger partial charge in [-0.2, -0.15) is 0 Å². The Balaban J connectivity index is 2.59. The number of rotatable bonds is 7. The van der Waals surface area contributed by atoms with Gasteiger partial charge in [-0.15, -0.1) is 0 Å². The molecular formula is C20H24BrClO2S. The third-order valence-electron chi connectivity index (χ3n) is 4.11. The van der Waals surface area contributed by atoms with Gasteiger partial charge in [0.15, 0.2) is 0 Å². The van der Waals surface area contributed by atoms with Gasteiger partial charge in [0.2, 0.25) is 9.84 Å². The van der Waals surface area contributed by atoms with Crippen molar-refractivity contribution < 1.29 is 8.42 Å². The van der Waals surface area contributed by atoms with Crippen molar-refractivity contribution in [3.63, 3.8) is 0 Å². The molecule has 0 saturated carbocycles. The van der Waals surface area contributed by atoms with Crippen LogP contribution < -0.4 is 0 Å². The molecule has 0 N–H and O–H groups in total. The van der Waals surface area contributed by atoms with Crippen LogP contribution in [0.15, 0.2) is 50.7 Å². The van der Waals surface area contributed by atoms with Crippen molar-refractivity contribution >= 4 is 37.4 Å². The second-order valence-electron chi connectivity index (χ2n) is 6.65. The summed E-state index contributed by atoms with van der Waals surface area (Å²) < 4.78 is 27.4. The van der Waals surface area contributed by atoms with Crippen LogP contribution in [-0.4, -0.2) is 8.42 Å². The molecule has 0 aromatic heterocycles. The molecule has 2 aromatic rings. The second kappa shape index (κ2) is 8.70. The lowest BCUT2D eigenvalue weighted by Gasteiger charge is -2.16. The van der Waals surface area contributed by atoms with Crippen LogP contribution in [0.25, 0.3) is 0 Å². The monoisotopic (exact) mass is 442 g/mol. The minimum Gasteiger partial charge on any atom is -0.218 e. The summed E-state index contributed by atoms with van der Waals surface area (Å²) in [6, 6.07) is 10.6. The summed E-state index contributed by atoms with van der Waals surface area (Å²) in [5, 5.41) is 0.507. The van der Waals surface area contributed by atoms with Gasteiger partial charge in [0.05, 0.1) is 9.79 Å². The molecule has 0 radical (unpaired) electrons. The van der Waals surface area contributed by atoms with E-state index in [0.717, 1.165) is 24.8 Å². The molecule has 0 saturated heterocycles. The van der Waals surface area contributed by atoms with Crippen LogP contribution in [0.5, 0.6) is 0 Å². The van der Waals surface area contributed by atoms with E-state index in [1.165, 1.54) is 0 Å². The maximum absolute atomic E-state index is 13.3. The SMILES string of the molecule is CCCCc1cccc(S(=O)(=O)c2cccc(Cl)c2CC(C)C)c1Br. The summed E-state index contributed by atoms with van der Waals surface area (Å²) >= 11 is 9.86. The molecule has 25 heavy (non-hydrogen) atoms. The molecular weight excluding hydrogens is 420 g/mol. The van der Waals surface area contributed by atoms with Gasteiger partial charge in [-0.05, 0) is 70.4 Å². The lowest BCUT2D eigenvalue weighted by atomic mass is 10.0. The highest BCUT2D eigenvalue weighted by atomic mass is 79.9. The summed E-state index contributed by atoms with van der Waals surface area (Å²) in [6.45, 7) is 6.24. The molecule has 0 bridgehead atoms. The molecule has 0 heterocycles. The number of aryl methyl sites for hydroxylation is 1. The van der Waals surface area contributed by atoms with Crippen LogP contribution in [0.4, 0.5) is 0 Å². The molecule has 0 aliphatic heterocycles. The van der Waals surface area contributed by atoms with Crippen LogP contribution in [0, 0.1) is 5.92 Å². The van der Waals surface area contributed by atoms with Crippen LogP contribution in [0.3, 0.4) is 0 Å². The zero-order valence-corrected chi connectivity index (χ0v) is 18.0. The third kappa shape index (κ3) is 4.66. The average Bonchev–Trinajstić information content (AvgIpc) is 2.55. The normalized spacial score (nSPS) is 11.9. The van der Waals surface area contributed by atoms with E-state index in [9.17, 15) is 8.42 Å². The Kier molecular flexibility index (Phi) is 7.12. The van der Waals surface area contributed by atoms with Gasteiger partial charge >= 0.3 is 0 Å². The second-order valence-corrected chi connectivity index (χ2v) is 9.74. The highest BCUT2D eigenvalue weighted by molar-refractivity contribution is 9.10. The molecule has 0 unspecified atom stereocenters. The van der Waals surface area contributed by atoms with Gasteiger partial charge in [-0.25, -0.2) is 8.42 Å². The molecule has 0 aliphatic carbocycles. The lowest BCUT2D eigenvalue weighted by Crippen LogP contribution is -2.09. The fourth-order valence-corrected chi connectivity index (χ4v) is 5.89. The van der Waals surface area contributed by atoms with Crippen molar-refractivity contribution in [2.45, 2.75) is 56.2 Å². The van der Waals surface area contributed by atoms with Gasteiger partial charge < -0.3 is 0 Å². The van der Waals surface area contributed by atoms with Crippen molar-refractivity contribution in [2.75, 3.05) is 0 Å². The Bertz CT molecular complexity index is 845. The van der Waals surface area contributed by atoms with Gasteiger partial charge in [0.1, 0.15) is 0 Å². The van der Waals surface area contributed by atoms with Crippen LogP contribution in [0.2, 0.25) is 5.02 Å². The Morgan fingerprint density at radius 3 is 2.36 bits per heavy atom. The van der Waals surface area contributed by atoms with Gasteiger partial charge in [-0.3, -0.25) is 0 Å². The number of halogens is 2. The highest BCUT2D eigenvalue weighted by Gasteiger charge is 2.26. The van der Waals surface area contributed by atoms with Crippen LogP contribution >= 0.6 is 27.5 Å². The first-order valence-electron chi connectivity index (χ1n) is 8.58. The zero-order chi connectivity index (χ0) is 18.6. The first kappa shape index (κ1) is 20.5. The summed E-state index contributed by atoms with van der Waals surface area (Å²) in [6.07, 6.45) is 3.57. The predicted octanol–water partition coefficient (Wildman–Crippen LogP) is 6.48. The average molecular weight is 444 g/mol. The van der Waals surface area contributed by atoms with Gasteiger partial charge in [0, 0.05) is 9.50 Å².